The van der Waals surface area contributed by atoms with Crippen LogP contribution in [-0.4, -0.2) is 11.5 Å². The van der Waals surface area contributed by atoms with Crippen LogP contribution in [0.25, 0.3) is 0 Å². The molecule has 0 aliphatic carbocycles. The molecule has 1 atom stereocenters. The topological polar surface area (TPSA) is 34.1 Å². The Labute approximate surface area is 118 Å². The van der Waals surface area contributed by atoms with Crippen molar-refractivity contribution in [2.45, 2.75) is 26.3 Å². The lowest BCUT2D eigenvalue weighted by atomic mass is 10.1. The van der Waals surface area contributed by atoms with E-state index in [0.29, 0.717) is 11.6 Å². The molecule has 1 heterocycles. The van der Waals surface area contributed by atoms with Crippen molar-refractivity contribution in [3.8, 4) is 11.6 Å². The smallest absolute Gasteiger partial charge is 0.219 e. The summed E-state index contributed by atoms with van der Waals surface area (Å²) < 4.78 is 18.6. The third-order valence-corrected chi connectivity index (χ3v) is 2.98. The minimum Gasteiger partial charge on any atom is -0.439 e. The molecule has 0 radical (unpaired) electrons. The molecule has 1 aromatic carbocycles. The molecule has 0 fully saturated rings. The number of aromatic nitrogens is 1. The average Bonchev–Trinajstić information content (AvgIpc) is 2.45. The Morgan fingerprint density at radius 1 is 1.30 bits per heavy atom. The van der Waals surface area contributed by atoms with Gasteiger partial charge in [0.05, 0.1) is 0 Å². The minimum atomic E-state index is -0.323. The number of nitrogens with one attached hydrogen (secondary N) is 1. The van der Waals surface area contributed by atoms with Gasteiger partial charge in [0.25, 0.3) is 0 Å². The molecule has 0 saturated carbocycles. The molecular weight excluding hydrogens is 255 g/mol. The van der Waals surface area contributed by atoms with Gasteiger partial charge in [0.15, 0.2) is 0 Å². The van der Waals surface area contributed by atoms with Crippen LogP contribution in [0.4, 0.5) is 4.39 Å². The van der Waals surface area contributed by atoms with Crippen molar-refractivity contribution in [1.82, 2.24) is 10.3 Å². The van der Waals surface area contributed by atoms with E-state index >= 15 is 0 Å². The molecule has 0 saturated heterocycles. The molecule has 0 amide bonds. The number of hydrogen-bond donors (Lipinski definition) is 1. The lowest BCUT2D eigenvalue weighted by Crippen LogP contribution is -2.19. The maximum atomic E-state index is 13.0. The van der Waals surface area contributed by atoms with Gasteiger partial charge in [0.2, 0.25) is 5.88 Å². The van der Waals surface area contributed by atoms with Crippen molar-refractivity contribution < 1.29 is 9.13 Å². The van der Waals surface area contributed by atoms with Crippen LogP contribution in [0.2, 0.25) is 0 Å². The van der Waals surface area contributed by atoms with Crippen molar-refractivity contribution in [3.63, 3.8) is 0 Å². The highest BCUT2D eigenvalue weighted by molar-refractivity contribution is 5.28. The zero-order chi connectivity index (χ0) is 14.4. The summed E-state index contributed by atoms with van der Waals surface area (Å²) in [4.78, 5) is 4.25. The molecule has 1 unspecified atom stereocenters. The number of pyridine rings is 1. The molecule has 20 heavy (non-hydrogen) atoms. The van der Waals surface area contributed by atoms with E-state index < -0.39 is 0 Å². The highest BCUT2D eigenvalue weighted by atomic mass is 19.1. The normalized spacial score (nSPS) is 12.2. The third-order valence-electron chi connectivity index (χ3n) is 2.98. The van der Waals surface area contributed by atoms with Gasteiger partial charge in [-0.15, -0.1) is 0 Å². The monoisotopic (exact) mass is 274 g/mol. The number of ether oxygens (including phenoxy) is 1. The Morgan fingerprint density at radius 2 is 2.15 bits per heavy atom. The number of benzene rings is 1. The second kappa shape index (κ2) is 7.01. The van der Waals surface area contributed by atoms with Crippen molar-refractivity contribution in [2.24, 2.45) is 0 Å². The van der Waals surface area contributed by atoms with Gasteiger partial charge in [-0.1, -0.05) is 19.1 Å². The molecule has 4 heteroatoms. The van der Waals surface area contributed by atoms with Gasteiger partial charge >= 0.3 is 0 Å². The number of hydrogen-bond acceptors (Lipinski definition) is 3. The van der Waals surface area contributed by atoms with Crippen molar-refractivity contribution in [3.05, 3.63) is 54.0 Å². The van der Waals surface area contributed by atoms with Gasteiger partial charge in [-0.2, -0.15) is 0 Å². The molecule has 0 aliphatic rings. The fourth-order valence-electron chi connectivity index (χ4n) is 1.84. The van der Waals surface area contributed by atoms with Gasteiger partial charge in [0.1, 0.15) is 11.6 Å². The standard InChI is InChI=1S/C16H19FN2O/c1-3-9-18-12(2)13-7-8-16(19-11-13)20-15-6-4-5-14(17)10-15/h4-8,10-12,18H,3,9H2,1-2H3. The van der Waals surface area contributed by atoms with Crippen LogP contribution in [-0.2, 0) is 0 Å². The Bertz CT molecular complexity index is 542. The summed E-state index contributed by atoms with van der Waals surface area (Å²) in [6, 6.07) is 10.0. The highest BCUT2D eigenvalue weighted by Gasteiger charge is 2.05. The first-order valence-electron chi connectivity index (χ1n) is 6.82. The SMILES string of the molecule is CCCNC(C)c1ccc(Oc2cccc(F)c2)nc1. The van der Waals surface area contributed by atoms with E-state index in [9.17, 15) is 4.39 Å². The minimum absolute atomic E-state index is 0.255. The molecule has 0 bridgehead atoms. The van der Waals surface area contributed by atoms with E-state index in [4.69, 9.17) is 4.74 Å². The second-order valence-corrected chi connectivity index (χ2v) is 4.67. The van der Waals surface area contributed by atoms with Crippen LogP contribution in [0, 0.1) is 5.82 Å². The zero-order valence-corrected chi connectivity index (χ0v) is 11.8. The second-order valence-electron chi connectivity index (χ2n) is 4.67. The van der Waals surface area contributed by atoms with Crippen molar-refractivity contribution >= 4 is 0 Å². The number of halogens is 1. The molecule has 2 rings (SSSR count). The van der Waals surface area contributed by atoms with Gasteiger partial charge in [-0.3, -0.25) is 0 Å². The third kappa shape index (κ3) is 4.03. The van der Waals surface area contributed by atoms with E-state index in [2.05, 4.69) is 24.1 Å². The first-order valence-corrected chi connectivity index (χ1v) is 6.82. The van der Waals surface area contributed by atoms with Gasteiger partial charge in [-0.25, -0.2) is 9.37 Å². The maximum absolute atomic E-state index is 13.0. The van der Waals surface area contributed by atoms with Crippen molar-refractivity contribution in [2.75, 3.05) is 6.54 Å². The van der Waals surface area contributed by atoms with Crippen LogP contribution >= 0.6 is 0 Å². The number of rotatable bonds is 6. The first-order chi connectivity index (χ1) is 9.69. The molecule has 1 N–H and O–H groups in total. The van der Waals surface area contributed by atoms with E-state index in [1.807, 2.05) is 6.07 Å². The molecule has 0 spiro atoms. The summed E-state index contributed by atoms with van der Waals surface area (Å²) >= 11 is 0. The maximum Gasteiger partial charge on any atom is 0.219 e. The summed E-state index contributed by atoms with van der Waals surface area (Å²) in [5.41, 5.74) is 1.10. The summed E-state index contributed by atoms with van der Waals surface area (Å²) in [5, 5.41) is 3.39. The lowest BCUT2D eigenvalue weighted by Gasteiger charge is -2.13. The predicted octanol–water partition coefficient (Wildman–Crippen LogP) is 4.07. The summed E-state index contributed by atoms with van der Waals surface area (Å²) in [6.45, 7) is 5.20. The van der Waals surface area contributed by atoms with Crippen LogP contribution in [0.5, 0.6) is 11.6 Å². The Kier molecular flexibility index (Phi) is 5.07. The van der Waals surface area contributed by atoms with Crippen LogP contribution in [0.3, 0.4) is 0 Å². The zero-order valence-electron chi connectivity index (χ0n) is 11.8. The van der Waals surface area contributed by atoms with E-state index in [1.165, 1.54) is 12.1 Å². The summed E-state index contributed by atoms with van der Waals surface area (Å²) in [5.74, 6) is 0.584. The Hall–Kier alpha value is -1.94. The van der Waals surface area contributed by atoms with E-state index in [0.717, 1.165) is 18.5 Å². The first kappa shape index (κ1) is 14.5. The fourth-order valence-corrected chi connectivity index (χ4v) is 1.84. The van der Waals surface area contributed by atoms with Gasteiger partial charge in [0, 0.05) is 24.4 Å². The fraction of sp³-hybridized carbons (Fsp3) is 0.312. The van der Waals surface area contributed by atoms with E-state index in [-0.39, 0.29) is 11.9 Å². The lowest BCUT2D eigenvalue weighted by molar-refractivity contribution is 0.456. The molecule has 106 valence electrons. The molecule has 0 aliphatic heterocycles. The van der Waals surface area contributed by atoms with Crippen LogP contribution in [0.15, 0.2) is 42.6 Å². The largest absolute Gasteiger partial charge is 0.439 e. The Morgan fingerprint density at radius 3 is 2.80 bits per heavy atom. The van der Waals surface area contributed by atoms with Crippen LogP contribution in [0.1, 0.15) is 31.9 Å². The van der Waals surface area contributed by atoms with E-state index in [1.54, 1.807) is 24.4 Å². The number of nitrogens with zero attached hydrogens (tertiary/aromatic N) is 1. The molecule has 3 nitrogen and oxygen atoms in total. The molecule has 2 aromatic rings. The highest BCUT2D eigenvalue weighted by Crippen LogP contribution is 2.21. The van der Waals surface area contributed by atoms with Gasteiger partial charge < -0.3 is 10.1 Å². The predicted molar refractivity (Wildman–Crippen MR) is 77.4 cm³/mol. The quantitative estimate of drug-likeness (QED) is 0.862. The van der Waals surface area contributed by atoms with Crippen LogP contribution < -0.4 is 10.1 Å². The summed E-state index contributed by atoms with van der Waals surface area (Å²) in [7, 11) is 0. The van der Waals surface area contributed by atoms with Crippen molar-refractivity contribution in [1.29, 1.82) is 0 Å². The van der Waals surface area contributed by atoms with Gasteiger partial charge in [-0.05, 0) is 37.6 Å². The Balaban J connectivity index is 2.01. The average molecular weight is 274 g/mol. The molecular formula is C16H19FN2O. The molecule has 1 aromatic heterocycles. The summed E-state index contributed by atoms with van der Waals surface area (Å²) in [6.07, 6.45) is 2.88.